The van der Waals surface area contributed by atoms with Crippen molar-refractivity contribution in [3.05, 3.63) is 0 Å². The second-order valence-electron chi connectivity index (χ2n) is 5.03. The molecule has 0 spiro atoms. The van der Waals surface area contributed by atoms with E-state index in [1.165, 1.54) is 12.8 Å². The number of rotatable bonds is 6. The fourth-order valence-electron chi connectivity index (χ4n) is 1.98. The second kappa shape index (κ2) is 6.93. The number of hydrogen-bond donors (Lipinski definition) is 1. The van der Waals surface area contributed by atoms with Gasteiger partial charge < -0.3 is 10.2 Å². The monoisotopic (exact) mass is 281 g/mol. The number of nitrogens with one attached hydrogen (secondary N) is 1. The molecule has 0 unspecified atom stereocenters. The lowest BCUT2D eigenvalue weighted by atomic mass is 10.4. The normalized spacial score (nSPS) is 15.3. The van der Waals surface area contributed by atoms with Crippen molar-refractivity contribution in [3.8, 4) is 0 Å². The third-order valence-corrected chi connectivity index (χ3v) is 3.73. The van der Waals surface area contributed by atoms with Crippen LogP contribution < -0.4 is 10.2 Å². The van der Waals surface area contributed by atoms with Gasteiger partial charge in [0.25, 0.3) is 0 Å². The highest BCUT2D eigenvalue weighted by Gasteiger charge is 2.17. The minimum absolute atomic E-state index is 0.479. The Labute approximate surface area is 119 Å². The molecular formula is C13H23N5S. The summed E-state index contributed by atoms with van der Waals surface area (Å²) < 4.78 is 0. The highest BCUT2D eigenvalue weighted by molar-refractivity contribution is 7.99. The fraction of sp³-hybridized carbons (Fsp3) is 0.769. The SMILES string of the molecule is CCCNc1nc(SC(C)C)nc(N2CCCC2)n1. The van der Waals surface area contributed by atoms with Crippen LogP contribution in [0.3, 0.4) is 0 Å². The largest absolute Gasteiger partial charge is 0.354 e. The van der Waals surface area contributed by atoms with Gasteiger partial charge in [0, 0.05) is 24.9 Å². The van der Waals surface area contributed by atoms with E-state index in [4.69, 9.17) is 0 Å². The number of thioether (sulfide) groups is 1. The van der Waals surface area contributed by atoms with Gasteiger partial charge >= 0.3 is 0 Å². The zero-order valence-electron chi connectivity index (χ0n) is 12.0. The first kappa shape index (κ1) is 14.4. The molecule has 1 aromatic rings. The van der Waals surface area contributed by atoms with E-state index in [1.54, 1.807) is 11.8 Å². The first-order valence-electron chi connectivity index (χ1n) is 7.10. The van der Waals surface area contributed by atoms with E-state index in [2.05, 4.69) is 45.9 Å². The standard InChI is InChI=1S/C13H23N5S/c1-4-7-14-11-15-12(18-8-5-6-9-18)17-13(16-11)19-10(2)3/h10H,4-9H2,1-3H3,(H,14,15,16,17). The lowest BCUT2D eigenvalue weighted by Gasteiger charge is -2.17. The molecule has 0 bridgehead atoms. The number of hydrogen-bond acceptors (Lipinski definition) is 6. The van der Waals surface area contributed by atoms with E-state index in [9.17, 15) is 0 Å². The Kier molecular flexibility index (Phi) is 5.24. The maximum atomic E-state index is 4.59. The van der Waals surface area contributed by atoms with E-state index in [-0.39, 0.29) is 0 Å². The van der Waals surface area contributed by atoms with E-state index >= 15 is 0 Å². The molecule has 1 N–H and O–H groups in total. The molecule has 0 aliphatic carbocycles. The van der Waals surface area contributed by atoms with Crippen molar-refractivity contribution >= 4 is 23.7 Å². The van der Waals surface area contributed by atoms with Crippen LogP contribution in [-0.2, 0) is 0 Å². The molecule has 6 heteroatoms. The minimum atomic E-state index is 0.479. The molecule has 0 saturated carbocycles. The Morgan fingerprint density at radius 3 is 2.58 bits per heavy atom. The van der Waals surface area contributed by atoms with Gasteiger partial charge in [-0.05, 0) is 19.3 Å². The lowest BCUT2D eigenvalue weighted by Crippen LogP contribution is -2.22. The lowest BCUT2D eigenvalue weighted by molar-refractivity contribution is 0.818. The van der Waals surface area contributed by atoms with Crippen molar-refractivity contribution in [2.24, 2.45) is 0 Å². The van der Waals surface area contributed by atoms with Crippen LogP contribution in [0.2, 0.25) is 0 Å². The summed E-state index contributed by atoms with van der Waals surface area (Å²) in [7, 11) is 0. The minimum Gasteiger partial charge on any atom is -0.354 e. The first-order chi connectivity index (χ1) is 9.19. The van der Waals surface area contributed by atoms with E-state index in [0.717, 1.165) is 37.2 Å². The van der Waals surface area contributed by atoms with Gasteiger partial charge in [-0.15, -0.1) is 0 Å². The molecule has 0 atom stereocenters. The van der Waals surface area contributed by atoms with Crippen LogP contribution in [0.4, 0.5) is 11.9 Å². The van der Waals surface area contributed by atoms with Crippen molar-refractivity contribution in [3.63, 3.8) is 0 Å². The highest BCUT2D eigenvalue weighted by atomic mass is 32.2. The quantitative estimate of drug-likeness (QED) is 0.809. The molecule has 19 heavy (non-hydrogen) atoms. The van der Waals surface area contributed by atoms with E-state index in [1.807, 2.05) is 0 Å². The average molecular weight is 281 g/mol. The topological polar surface area (TPSA) is 53.9 Å². The number of aromatic nitrogens is 3. The fourth-order valence-corrected chi connectivity index (χ4v) is 2.68. The predicted octanol–water partition coefficient (Wildman–Crippen LogP) is 2.79. The summed E-state index contributed by atoms with van der Waals surface area (Å²) in [5, 5.41) is 4.57. The first-order valence-corrected chi connectivity index (χ1v) is 7.98. The molecular weight excluding hydrogens is 258 g/mol. The Morgan fingerprint density at radius 1 is 1.21 bits per heavy atom. The van der Waals surface area contributed by atoms with Crippen LogP contribution in [0, 0.1) is 0 Å². The summed E-state index contributed by atoms with van der Waals surface area (Å²) in [6, 6.07) is 0. The number of anilines is 2. The molecule has 1 saturated heterocycles. The predicted molar refractivity (Wildman–Crippen MR) is 81.0 cm³/mol. The van der Waals surface area contributed by atoms with Gasteiger partial charge in [0.15, 0.2) is 5.16 Å². The molecule has 2 heterocycles. The van der Waals surface area contributed by atoms with Gasteiger partial charge in [-0.1, -0.05) is 32.5 Å². The summed E-state index contributed by atoms with van der Waals surface area (Å²) in [6.45, 7) is 9.47. The zero-order valence-corrected chi connectivity index (χ0v) is 12.8. The molecule has 106 valence electrons. The molecule has 0 amide bonds. The average Bonchev–Trinajstić information content (AvgIpc) is 2.89. The molecule has 5 nitrogen and oxygen atoms in total. The van der Waals surface area contributed by atoms with Gasteiger partial charge in [-0.25, -0.2) is 0 Å². The van der Waals surface area contributed by atoms with Gasteiger partial charge in [-0.2, -0.15) is 15.0 Å². The second-order valence-corrected chi connectivity index (χ2v) is 6.57. The van der Waals surface area contributed by atoms with Crippen molar-refractivity contribution in [1.29, 1.82) is 0 Å². The maximum Gasteiger partial charge on any atom is 0.231 e. The Bertz CT molecular complexity index is 404. The van der Waals surface area contributed by atoms with Crippen LogP contribution in [0.1, 0.15) is 40.0 Å². The zero-order chi connectivity index (χ0) is 13.7. The van der Waals surface area contributed by atoms with Crippen molar-refractivity contribution in [2.75, 3.05) is 29.9 Å². The Balaban J connectivity index is 2.19. The summed E-state index contributed by atoms with van der Waals surface area (Å²) >= 11 is 1.69. The molecule has 1 aliphatic heterocycles. The van der Waals surface area contributed by atoms with Crippen LogP contribution >= 0.6 is 11.8 Å². The molecule has 2 rings (SSSR count). The summed E-state index contributed by atoms with van der Waals surface area (Å²) in [5.74, 6) is 1.54. The summed E-state index contributed by atoms with van der Waals surface area (Å²) in [5.41, 5.74) is 0. The van der Waals surface area contributed by atoms with Crippen LogP contribution in [-0.4, -0.2) is 39.8 Å². The van der Waals surface area contributed by atoms with Crippen LogP contribution in [0.25, 0.3) is 0 Å². The highest BCUT2D eigenvalue weighted by Crippen LogP contribution is 2.23. The third-order valence-electron chi connectivity index (χ3n) is 2.87. The van der Waals surface area contributed by atoms with Gasteiger partial charge in [0.1, 0.15) is 0 Å². The molecule has 1 fully saturated rings. The maximum absolute atomic E-state index is 4.59. The van der Waals surface area contributed by atoms with Crippen molar-refractivity contribution in [1.82, 2.24) is 15.0 Å². The van der Waals surface area contributed by atoms with E-state index < -0.39 is 0 Å². The Morgan fingerprint density at radius 2 is 1.95 bits per heavy atom. The van der Waals surface area contributed by atoms with Crippen LogP contribution in [0.5, 0.6) is 0 Å². The summed E-state index contributed by atoms with van der Waals surface area (Å²) in [6.07, 6.45) is 3.53. The van der Waals surface area contributed by atoms with Gasteiger partial charge in [0.05, 0.1) is 0 Å². The third kappa shape index (κ3) is 4.23. The molecule has 1 aliphatic rings. The summed E-state index contributed by atoms with van der Waals surface area (Å²) in [4.78, 5) is 15.9. The van der Waals surface area contributed by atoms with E-state index in [0.29, 0.717) is 11.2 Å². The van der Waals surface area contributed by atoms with Gasteiger partial charge in [-0.3, -0.25) is 0 Å². The number of nitrogens with zero attached hydrogens (tertiary/aromatic N) is 4. The Hall–Kier alpha value is -1.04. The van der Waals surface area contributed by atoms with Crippen molar-refractivity contribution < 1.29 is 0 Å². The molecule has 0 aromatic carbocycles. The van der Waals surface area contributed by atoms with Gasteiger partial charge in [0.2, 0.25) is 11.9 Å². The molecule has 1 aromatic heterocycles. The molecule has 0 radical (unpaired) electrons. The van der Waals surface area contributed by atoms with Crippen molar-refractivity contribution in [2.45, 2.75) is 50.4 Å². The smallest absolute Gasteiger partial charge is 0.231 e. The van der Waals surface area contributed by atoms with Crippen LogP contribution in [0.15, 0.2) is 5.16 Å².